The predicted octanol–water partition coefficient (Wildman–Crippen LogP) is 2.62. The van der Waals surface area contributed by atoms with Crippen LogP contribution in [0.15, 0.2) is 53.6 Å². The second kappa shape index (κ2) is 5.69. The summed E-state index contributed by atoms with van der Waals surface area (Å²) in [6, 6.07) is 17.5. The van der Waals surface area contributed by atoms with Gasteiger partial charge in [0.15, 0.2) is 0 Å². The van der Waals surface area contributed by atoms with E-state index in [1.54, 1.807) is 18.3 Å². The fourth-order valence-corrected chi connectivity index (χ4v) is 1.78. The Morgan fingerprint density at radius 3 is 2.05 bits per heavy atom. The van der Waals surface area contributed by atoms with Crippen molar-refractivity contribution in [3.8, 4) is 6.07 Å². The van der Waals surface area contributed by atoms with Gasteiger partial charge in [0.2, 0.25) is 0 Å². The molecule has 2 N–H and O–H groups in total. The molecule has 0 saturated carbocycles. The number of rotatable bonds is 3. The molecule has 2 rings (SSSR count). The van der Waals surface area contributed by atoms with Crippen LogP contribution < -0.4 is 10.7 Å². The average molecular weight is 250 g/mol. The molecule has 2 aromatic rings. The lowest BCUT2D eigenvalue weighted by atomic mass is 10.2. The Morgan fingerprint density at radius 2 is 1.58 bits per heavy atom. The Kier molecular flexibility index (Phi) is 3.79. The van der Waals surface area contributed by atoms with Crippen LogP contribution in [0.5, 0.6) is 0 Å². The Morgan fingerprint density at radius 1 is 1.05 bits per heavy atom. The fourth-order valence-electron chi connectivity index (χ4n) is 1.78. The van der Waals surface area contributed by atoms with E-state index < -0.39 is 0 Å². The molecule has 0 aliphatic carbocycles. The summed E-state index contributed by atoms with van der Waals surface area (Å²) in [5.74, 6) is 5.11. The molecule has 4 nitrogen and oxygen atoms in total. The molecule has 0 bridgehead atoms. The molecule has 0 unspecified atom stereocenters. The van der Waals surface area contributed by atoms with Crippen molar-refractivity contribution in [3.63, 3.8) is 0 Å². The summed E-state index contributed by atoms with van der Waals surface area (Å²) in [4.78, 5) is 2.05. The summed E-state index contributed by atoms with van der Waals surface area (Å²) in [6.07, 6.45) is 1.60. The number of hydrogen-bond acceptors (Lipinski definition) is 4. The van der Waals surface area contributed by atoms with Gasteiger partial charge in [0.1, 0.15) is 0 Å². The second-order valence-electron chi connectivity index (χ2n) is 4.09. The van der Waals surface area contributed by atoms with E-state index in [1.807, 2.05) is 48.3 Å². The SMILES string of the molecule is CN(c1ccc(C#N)cc1)c1ccc(C=NN)cc1. The molecular weight excluding hydrogens is 236 g/mol. The number of hydrogen-bond donors (Lipinski definition) is 1. The molecule has 0 saturated heterocycles. The van der Waals surface area contributed by atoms with Crippen molar-refractivity contribution in [3.05, 3.63) is 59.7 Å². The maximum Gasteiger partial charge on any atom is 0.0991 e. The van der Waals surface area contributed by atoms with Gasteiger partial charge in [0, 0.05) is 18.4 Å². The molecule has 0 fully saturated rings. The van der Waals surface area contributed by atoms with E-state index in [9.17, 15) is 0 Å². The first-order valence-corrected chi connectivity index (χ1v) is 5.82. The molecule has 19 heavy (non-hydrogen) atoms. The summed E-state index contributed by atoms with van der Waals surface area (Å²) >= 11 is 0. The summed E-state index contributed by atoms with van der Waals surface area (Å²) in [5, 5.41) is 12.3. The van der Waals surface area contributed by atoms with Gasteiger partial charge in [-0.25, -0.2) is 0 Å². The zero-order valence-corrected chi connectivity index (χ0v) is 10.6. The number of nitrogens with two attached hydrogens (primary N) is 1. The van der Waals surface area contributed by atoms with Crippen molar-refractivity contribution in [1.82, 2.24) is 0 Å². The zero-order chi connectivity index (χ0) is 13.7. The van der Waals surface area contributed by atoms with Crippen molar-refractivity contribution < 1.29 is 0 Å². The highest BCUT2D eigenvalue weighted by molar-refractivity contribution is 5.80. The maximum atomic E-state index is 8.78. The zero-order valence-electron chi connectivity index (χ0n) is 10.6. The van der Waals surface area contributed by atoms with Crippen LogP contribution in [0, 0.1) is 11.3 Å². The summed E-state index contributed by atoms with van der Waals surface area (Å²) < 4.78 is 0. The van der Waals surface area contributed by atoms with Gasteiger partial charge in [0.05, 0.1) is 17.8 Å². The average Bonchev–Trinajstić information content (AvgIpc) is 2.48. The summed E-state index contributed by atoms with van der Waals surface area (Å²) in [5.41, 5.74) is 3.70. The lowest BCUT2D eigenvalue weighted by Crippen LogP contribution is -2.09. The van der Waals surface area contributed by atoms with Crippen LogP contribution in [0.4, 0.5) is 11.4 Å². The monoisotopic (exact) mass is 250 g/mol. The number of benzene rings is 2. The Balaban J connectivity index is 2.22. The predicted molar refractivity (Wildman–Crippen MR) is 77.4 cm³/mol. The summed E-state index contributed by atoms with van der Waals surface area (Å²) in [7, 11) is 1.98. The third-order valence-corrected chi connectivity index (χ3v) is 2.89. The van der Waals surface area contributed by atoms with E-state index in [1.165, 1.54) is 0 Å². The van der Waals surface area contributed by atoms with E-state index in [4.69, 9.17) is 11.1 Å². The van der Waals surface area contributed by atoms with Crippen molar-refractivity contribution in [2.24, 2.45) is 10.9 Å². The Hall–Kier alpha value is -2.80. The first-order chi connectivity index (χ1) is 9.24. The second-order valence-corrected chi connectivity index (χ2v) is 4.09. The molecular formula is C15H14N4. The molecule has 2 aromatic carbocycles. The molecule has 0 spiro atoms. The van der Waals surface area contributed by atoms with Crippen molar-refractivity contribution in [1.29, 1.82) is 5.26 Å². The van der Waals surface area contributed by atoms with Gasteiger partial charge in [-0.05, 0) is 42.0 Å². The largest absolute Gasteiger partial charge is 0.345 e. The van der Waals surface area contributed by atoms with Gasteiger partial charge < -0.3 is 10.7 Å². The molecule has 0 aliphatic heterocycles. The molecule has 94 valence electrons. The topological polar surface area (TPSA) is 65.4 Å². The minimum atomic E-state index is 0.659. The van der Waals surface area contributed by atoms with Crippen LogP contribution in [-0.4, -0.2) is 13.3 Å². The van der Waals surface area contributed by atoms with Gasteiger partial charge in [-0.3, -0.25) is 0 Å². The molecule has 4 heteroatoms. The minimum absolute atomic E-state index is 0.659. The van der Waals surface area contributed by atoms with Gasteiger partial charge >= 0.3 is 0 Å². The normalized spacial score (nSPS) is 10.3. The Bertz CT molecular complexity index is 606. The molecule has 0 aromatic heterocycles. The number of hydrazone groups is 1. The number of anilines is 2. The van der Waals surface area contributed by atoms with E-state index in [0.717, 1.165) is 16.9 Å². The van der Waals surface area contributed by atoms with E-state index in [0.29, 0.717) is 5.56 Å². The van der Waals surface area contributed by atoms with E-state index in [2.05, 4.69) is 11.2 Å². The highest BCUT2D eigenvalue weighted by atomic mass is 15.1. The first kappa shape index (κ1) is 12.7. The van der Waals surface area contributed by atoms with Crippen LogP contribution in [0.1, 0.15) is 11.1 Å². The molecule has 0 atom stereocenters. The number of nitriles is 1. The standard InChI is InChI=1S/C15H14N4/c1-19(14-6-2-12(10-16)3-7-14)15-8-4-13(5-9-15)11-18-17/h2-9,11H,17H2,1H3. The van der Waals surface area contributed by atoms with Crippen molar-refractivity contribution >= 4 is 17.6 Å². The quantitative estimate of drug-likeness (QED) is 0.517. The third-order valence-electron chi connectivity index (χ3n) is 2.89. The highest BCUT2D eigenvalue weighted by Gasteiger charge is 2.03. The molecule has 0 heterocycles. The van der Waals surface area contributed by atoms with Gasteiger partial charge in [-0.2, -0.15) is 10.4 Å². The van der Waals surface area contributed by atoms with Gasteiger partial charge in [0.25, 0.3) is 0 Å². The molecule has 0 radical (unpaired) electrons. The van der Waals surface area contributed by atoms with Crippen LogP contribution in [0.3, 0.4) is 0 Å². The lowest BCUT2D eigenvalue weighted by molar-refractivity contribution is 1.21. The first-order valence-electron chi connectivity index (χ1n) is 5.82. The van der Waals surface area contributed by atoms with Crippen LogP contribution in [0.2, 0.25) is 0 Å². The van der Waals surface area contributed by atoms with Crippen molar-refractivity contribution in [2.75, 3.05) is 11.9 Å². The summed E-state index contributed by atoms with van der Waals surface area (Å²) in [6.45, 7) is 0. The van der Waals surface area contributed by atoms with Gasteiger partial charge in [-0.1, -0.05) is 12.1 Å². The smallest absolute Gasteiger partial charge is 0.0991 e. The fraction of sp³-hybridized carbons (Fsp3) is 0.0667. The maximum absolute atomic E-state index is 8.78. The molecule has 0 aliphatic rings. The Labute approximate surface area is 112 Å². The van der Waals surface area contributed by atoms with Crippen LogP contribution in [0.25, 0.3) is 0 Å². The van der Waals surface area contributed by atoms with Gasteiger partial charge in [-0.15, -0.1) is 0 Å². The highest BCUT2D eigenvalue weighted by Crippen LogP contribution is 2.23. The van der Waals surface area contributed by atoms with Crippen molar-refractivity contribution in [2.45, 2.75) is 0 Å². The van der Waals surface area contributed by atoms with Crippen LogP contribution >= 0.6 is 0 Å². The molecule has 0 amide bonds. The lowest BCUT2D eigenvalue weighted by Gasteiger charge is -2.19. The minimum Gasteiger partial charge on any atom is -0.345 e. The van der Waals surface area contributed by atoms with E-state index in [-0.39, 0.29) is 0 Å². The van der Waals surface area contributed by atoms with Crippen LogP contribution in [-0.2, 0) is 0 Å². The van der Waals surface area contributed by atoms with E-state index >= 15 is 0 Å². The third kappa shape index (κ3) is 2.90. The number of nitrogens with zero attached hydrogens (tertiary/aromatic N) is 3.